The number of rotatable bonds is 3. The van der Waals surface area contributed by atoms with Crippen LogP contribution in [0.25, 0.3) is 0 Å². The Labute approximate surface area is 83.4 Å². The van der Waals surface area contributed by atoms with Gasteiger partial charge < -0.3 is 0 Å². The zero-order valence-corrected chi connectivity index (χ0v) is 9.02. The van der Waals surface area contributed by atoms with Crippen molar-refractivity contribution < 1.29 is 4.84 Å². The predicted octanol–water partition coefficient (Wildman–Crippen LogP) is 2.53. The summed E-state index contributed by atoms with van der Waals surface area (Å²) in [5, 5.41) is 0. The maximum absolute atomic E-state index is 5.25. The summed E-state index contributed by atoms with van der Waals surface area (Å²) in [5.41, 5.74) is 0.713. The van der Waals surface area contributed by atoms with E-state index in [0.29, 0.717) is 0 Å². The van der Waals surface area contributed by atoms with Gasteiger partial charge in [0.15, 0.2) is 0 Å². The van der Waals surface area contributed by atoms with Gasteiger partial charge in [0.25, 0.3) is 0 Å². The van der Waals surface area contributed by atoms with E-state index in [-0.39, 0.29) is 0 Å². The quantitative estimate of drug-likeness (QED) is 0.597. The van der Waals surface area contributed by atoms with Crippen molar-refractivity contribution >= 4 is 11.8 Å². The van der Waals surface area contributed by atoms with E-state index in [1.54, 1.807) is 11.8 Å². The summed E-state index contributed by atoms with van der Waals surface area (Å²) in [5.74, 6) is 5.25. The molecule has 0 radical (unpaired) electrons. The van der Waals surface area contributed by atoms with Gasteiger partial charge in [0.1, 0.15) is 5.60 Å². The number of hydrogen-bond donors (Lipinski definition) is 1. The monoisotopic (exact) mass is 197 g/mol. The average molecular weight is 197 g/mol. The number of benzene rings is 1. The minimum atomic E-state index is -0.417. The Morgan fingerprint density at radius 1 is 1.31 bits per heavy atom. The first-order chi connectivity index (χ1) is 6.11. The lowest BCUT2D eigenvalue weighted by molar-refractivity contribution is -0.0255. The highest BCUT2D eigenvalue weighted by Gasteiger charge is 2.22. The van der Waals surface area contributed by atoms with E-state index in [1.807, 2.05) is 38.3 Å². The molecule has 1 aromatic rings. The lowest BCUT2D eigenvalue weighted by Gasteiger charge is -2.24. The highest BCUT2D eigenvalue weighted by atomic mass is 32.2. The zero-order chi connectivity index (χ0) is 9.90. The molecule has 0 spiro atoms. The van der Waals surface area contributed by atoms with Crippen LogP contribution < -0.4 is 5.90 Å². The van der Waals surface area contributed by atoms with Crippen molar-refractivity contribution in [2.24, 2.45) is 5.90 Å². The first-order valence-corrected chi connectivity index (χ1v) is 5.35. The molecular weight excluding hydrogens is 182 g/mol. The Hall–Kier alpha value is -0.510. The topological polar surface area (TPSA) is 35.2 Å². The third-order valence-corrected chi connectivity index (χ3v) is 2.85. The van der Waals surface area contributed by atoms with Crippen LogP contribution in [0.2, 0.25) is 0 Å². The minimum absolute atomic E-state index is 0.417. The summed E-state index contributed by atoms with van der Waals surface area (Å²) in [7, 11) is 0. The van der Waals surface area contributed by atoms with E-state index in [0.717, 1.165) is 5.56 Å². The molecule has 13 heavy (non-hydrogen) atoms. The molecule has 0 amide bonds. The Balaban J connectivity index is 3.12. The number of nitrogens with two attached hydrogens (primary N) is 1. The van der Waals surface area contributed by atoms with Crippen LogP contribution in [0.3, 0.4) is 0 Å². The normalized spacial score (nSPS) is 11.7. The zero-order valence-electron chi connectivity index (χ0n) is 8.20. The van der Waals surface area contributed by atoms with Gasteiger partial charge in [0, 0.05) is 4.90 Å². The van der Waals surface area contributed by atoms with Gasteiger partial charge in [-0.25, -0.2) is 5.90 Å². The standard InChI is InChI=1S/C10H15NOS/c1-10(2,12-11)8-6-4-5-7-9(8)13-3/h4-7H,11H2,1-3H3. The van der Waals surface area contributed by atoms with E-state index in [1.165, 1.54) is 4.90 Å². The first-order valence-electron chi connectivity index (χ1n) is 4.13. The summed E-state index contributed by atoms with van der Waals surface area (Å²) in [4.78, 5) is 6.16. The maximum Gasteiger partial charge on any atom is 0.110 e. The second-order valence-corrected chi connectivity index (χ2v) is 4.18. The molecule has 1 rings (SSSR count). The fourth-order valence-corrected chi connectivity index (χ4v) is 1.95. The van der Waals surface area contributed by atoms with Crippen LogP contribution in [0.15, 0.2) is 29.2 Å². The van der Waals surface area contributed by atoms with Gasteiger partial charge in [-0.2, -0.15) is 0 Å². The van der Waals surface area contributed by atoms with Gasteiger partial charge in [-0.3, -0.25) is 4.84 Å². The molecule has 0 heterocycles. The smallest absolute Gasteiger partial charge is 0.110 e. The van der Waals surface area contributed by atoms with E-state index < -0.39 is 5.60 Å². The van der Waals surface area contributed by atoms with Crippen LogP contribution in [-0.2, 0) is 10.4 Å². The molecule has 72 valence electrons. The van der Waals surface area contributed by atoms with Crippen molar-refractivity contribution in [3.63, 3.8) is 0 Å². The summed E-state index contributed by atoms with van der Waals surface area (Å²) in [6.45, 7) is 3.92. The van der Waals surface area contributed by atoms with Crippen LogP contribution in [0, 0.1) is 0 Å². The molecule has 0 atom stereocenters. The van der Waals surface area contributed by atoms with E-state index in [4.69, 9.17) is 10.7 Å². The number of hydrogen-bond acceptors (Lipinski definition) is 3. The molecule has 1 aromatic carbocycles. The van der Waals surface area contributed by atoms with Gasteiger partial charge in [-0.05, 0) is 31.7 Å². The Bertz CT molecular complexity index is 286. The van der Waals surface area contributed by atoms with Crippen LogP contribution in [0.4, 0.5) is 0 Å². The molecule has 0 saturated heterocycles. The van der Waals surface area contributed by atoms with Crippen LogP contribution >= 0.6 is 11.8 Å². The van der Waals surface area contributed by atoms with Crippen LogP contribution in [0.1, 0.15) is 19.4 Å². The van der Waals surface area contributed by atoms with Gasteiger partial charge in [0.05, 0.1) is 0 Å². The molecule has 0 aromatic heterocycles. The molecule has 2 N–H and O–H groups in total. The molecule has 0 unspecified atom stereocenters. The van der Waals surface area contributed by atoms with E-state index >= 15 is 0 Å². The van der Waals surface area contributed by atoms with Crippen LogP contribution in [0.5, 0.6) is 0 Å². The lowest BCUT2D eigenvalue weighted by atomic mass is 9.98. The highest BCUT2D eigenvalue weighted by molar-refractivity contribution is 7.98. The Morgan fingerprint density at radius 2 is 1.92 bits per heavy atom. The van der Waals surface area contributed by atoms with Gasteiger partial charge in [-0.1, -0.05) is 18.2 Å². The molecule has 2 nitrogen and oxygen atoms in total. The van der Waals surface area contributed by atoms with E-state index in [9.17, 15) is 0 Å². The first kappa shape index (κ1) is 10.6. The summed E-state index contributed by atoms with van der Waals surface area (Å²) >= 11 is 1.70. The fraction of sp³-hybridized carbons (Fsp3) is 0.400. The molecular formula is C10H15NOS. The predicted molar refractivity (Wildman–Crippen MR) is 56.5 cm³/mol. The summed E-state index contributed by atoms with van der Waals surface area (Å²) < 4.78 is 0. The molecule has 0 aliphatic rings. The largest absolute Gasteiger partial charge is 0.294 e. The van der Waals surface area contributed by atoms with E-state index in [2.05, 4.69) is 6.07 Å². The summed E-state index contributed by atoms with van der Waals surface area (Å²) in [6.07, 6.45) is 2.05. The third kappa shape index (κ3) is 2.24. The Kier molecular flexibility index (Phi) is 3.36. The molecule has 0 bridgehead atoms. The van der Waals surface area contributed by atoms with Crippen molar-refractivity contribution in [1.29, 1.82) is 0 Å². The second-order valence-electron chi connectivity index (χ2n) is 3.33. The van der Waals surface area contributed by atoms with Gasteiger partial charge >= 0.3 is 0 Å². The van der Waals surface area contributed by atoms with Crippen molar-refractivity contribution in [3.8, 4) is 0 Å². The van der Waals surface area contributed by atoms with Crippen LogP contribution in [-0.4, -0.2) is 6.26 Å². The highest BCUT2D eigenvalue weighted by Crippen LogP contribution is 2.31. The lowest BCUT2D eigenvalue weighted by Crippen LogP contribution is -2.25. The number of thioether (sulfide) groups is 1. The average Bonchev–Trinajstić information content (AvgIpc) is 2.18. The molecule has 0 fully saturated rings. The maximum atomic E-state index is 5.25. The third-order valence-electron chi connectivity index (χ3n) is 2.05. The molecule has 0 aliphatic carbocycles. The van der Waals surface area contributed by atoms with Crippen molar-refractivity contribution in [3.05, 3.63) is 29.8 Å². The molecule has 0 saturated carbocycles. The van der Waals surface area contributed by atoms with Gasteiger partial charge in [0.2, 0.25) is 0 Å². The van der Waals surface area contributed by atoms with Crippen molar-refractivity contribution in [1.82, 2.24) is 0 Å². The fourth-order valence-electron chi connectivity index (χ4n) is 1.21. The van der Waals surface area contributed by atoms with Gasteiger partial charge in [-0.15, -0.1) is 11.8 Å². The molecule has 3 heteroatoms. The van der Waals surface area contributed by atoms with Crippen molar-refractivity contribution in [2.75, 3.05) is 6.26 Å². The van der Waals surface area contributed by atoms with Crippen molar-refractivity contribution in [2.45, 2.75) is 24.3 Å². The molecule has 0 aliphatic heterocycles. The summed E-state index contributed by atoms with van der Waals surface area (Å²) in [6, 6.07) is 8.12. The Morgan fingerprint density at radius 3 is 2.46 bits per heavy atom. The second kappa shape index (κ2) is 4.13. The SMILES string of the molecule is CSc1ccccc1C(C)(C)ON. The minimum Gasteiger partial charge on any atom is -0.294 e.